The number of carbonyl (C=O) groups is 2. The van der Waals surface area contributed by atoms with Crippen LogP contribution in [0.1, 0.15) is 44.6 Å². The molecule has 2 N–H and O–H groups in total. The molecule has 1 aromatic carbocycles. The number of hydrogen-bond acceptors (Lipinski definition) is 3. The normalized spacial score (nSPS) is 26.0. The summed E-state index contributed by atoms with van der Waals surface area (Å²) in [5, 5.41) is 12.0. The van der Waals surface area contributed by atoms with Gasteiger partial charge in [0.25, 0.3) is 0 Å². The molecule has 5 nitrogen and oxygen atoms in total. The minimum Gasteiger partial charge on any atom is -0.493 e. The van der Waals surface area contributed by atoms with Gasteiger partial charge in [-0.1, -0.05) is 38.0 Å². The van der Waals surface area contributed by atoms with E-state index < -0.39 is 12.0 Å². The summed E-state index contributed by atoms with van der Waals surface area (Å²) < 4.78 is 5.67. The molecule has 5 heteroatoms. The van der Waals surface area contributed by atoms with Crippen LogP contribution in [0, 0.1) is 5.92 Å². The number of rotatable bonds is 6. The molecule has 0 radical (unpaired) electrons. The van der Waals surface area contributed by atoms with Gasteiger partial charge in [0.15, 0.2) is 0 Å². The van der Waals surface area contributed by atoms with Crippen LogP contribution in [-0.2, 0) is 15.0 Å². The van der Waals surface area contributed by atoms with Gasteiger partial charge in [-0.25, -0.2) is 4.79 Å². The van der Waals surface area contributed by atoms with Crippen molar-refractivity contribution in [1.29, 1.82) is 0 Å². The van der Waals surface area contributed by atoms with E-state index in [9.17, 15) is 14.7 Å². The van der Waals surface area contributed by atoms with E-state index in [1.54, 1.807) is 0 Å². The number of hydrogen-bond donors (Lipinski definition) is 2. The van der Waals surface area contributed by atoms with E-state index in [-0.39, 0.29) is 17.2 Å². The first-order valence-electron chi connectivity index (χ1n) is 8.34. The van der Waals surface area contributed by atoms with Gasteiger partial charge < -0.3 is 15.2 Å². The predicted octanol–water partition coefficient (Wildman–Crippen LogP) is 2.49. The maximum atomic E-state index is 12.6. The standard InChI is InChI=1S/C18H23NO4/c1-2-3-7-14(17(21)22)19-16(20)13-11-18(13)9-10-23-15-8-5-4-6-12(15)18/h4-6,8,13-14H,2-3,7,9-11H2,1H3,(H,19,20)(H,21,22)/t13?,14-,18?/m0/s1. The van der Waals surface area contributed by atoms with Crippen molar-refractivity contribution in [2.24, 2.45) is 5.92 Å². The number of para-hydroxylation sites is 1. The van der Waals surface area contributed by atoms with Crippen LogP contribution in [0.4, 0.5) is 0 Å². The van der Waals surface area contributed by atoms with Gasteiger partial charge in [0.2, 0.25) is 5.91 Å². The number of carboxylic acids is 1. The highest BCUT2D eigenvalue weighted by molar-refractivity contribution is 5.88. The maximum Gasteiger partial charge on any atom is 0.326 e. The second kappa shape index (κ2) is 6.22. The average Bonchev–Trinajstić information content (AvgIpc) is 3.26. The fraction of sp³-hybridized carbons (Fsp3) is 0.556. The lowest BCUT2D eigenvalue weighted by atomic mass is 9.87. The second-order valence-corrected chi connectivity index (χ2v) is 6.55. The second-order valence-electron chi connectivity index (χ2n) is 6.55. The molecule has 1 amide bonds. The Morgan fingerprint density at radius 2 is 2.22 bits per heavy atom. The van der Waals surface area contributed by atoms with Gasteiger partial charge in [-0.15, -0.1) is 0 Å². The number of carboxylic acid groups (broad SMARTS) is 1. The molecule has 1 fully saturated rings. The minimum absolute atomic E-state index is 0.134. The van der Waals surface area contributed by atoms with Gasteiger partial charge in [0.05, 0.1) is 6.61 Å². The summed E-state index contributed by atoms with van der Waals surface area (Å²) in [5.41, 5.74) is 0.930. The SMILES string of the molecule is CCCC[C@H](NC(=O)C1CC12CCOc1ccccc12)C(=O)O. The van der Waals surface area contributed by atoms with Gasteiger partial charge >= 0.3 is 5.97 Å². The number of fused-ring (bicyclic) bond motifs is 2. The molecule has 0 saturated heterocycles. The Morgan fingerprint density at radius 1 is 1.43 bits per heavy atom. The summed E-state index contributed by atoms with van der Waals surface area (Å²) in [6.45, 7) is 2.62. The topological polar surface area (TPSA) is 75.6 Å². The third-order valence-corrected chi connectivity index (χ3v) is 5.08. The Hall–Kier alpha value is -2.04. The molecule has 0 aromatic heterocycles. The van der Waals surface area contributed by atoms with Crippen molar-refractivity contribution < 1.29 is 19.4 Å². The molecule has 124 valence electrons. The Kier molecular flexibility index (Phi) is 4.28. The van der Waals surface area contributed by atoms with Crippen LogP contribution in [0.5, 0.6) is 5.75 Å². The lowest BCUT2D eigenvalue weighted by molar-refractivity contribution is -0.142. The van der Waals surface area contributed by atoms with E-state index in [1.807, 2.05) is 31.2 Å². The van der Waals surface area contributed by atoms with Crippen molar-refractivity contribution in [2.75, 3.05) is 6.61 Å². The van der Waals surface area contributed by atoms with Crippen molar-refractivity contribution in [3.63, 3.8) is 0 Å². The molecule has 0 bridgehead atoms. The van der Waals surface area contributed by atoms with Crippen molar-refractivity contribution in [3.8, 4) is 5.75 Å². The number of amides is 1. The van der Waals surface area contributed by atoms with Crippen LogP contribution in [0.3, 0.4) is 0 Å². The molecule has 3 rings (SSSR count). The Labute approximate surface area is 136 Å². The van der Waals surface area contributed by atoms with Gasteiger partial charge in [-0.2, -0.15) is 0 Å². The van der Waals surface area contributed by atoms with E-state index in [1.165, 1.54) is 0 Å². The largest absolute Gasteiger partial charge is 0.493 e. The number of ether oxygens (including phenoxy) is 1. The zero-order valence-corrected chi connectivity index (χ0v) is 13.4. The molecule has 23 heavy (non-hydrogen) atoms. The first-order chi connectivity index (χ1) is 11.1. The van der Waals surface area contributed by atoms with Gasteiger partial charge in [-0.05, 0) is 25.3 Å². The van der Waals surface area contributed by atoms with E-state index in [0.29, 0.717) is 13.0 Å². The van der Waals surface area contributed by atoms with Crippen LogP contribution in [0.2, 0.25) is 0 Å². The molecule has 1 aliphatic heterocycles. The number of benzene rings is 1. The lowest BCUT2D eigenvalue weighted by Crippen LogP contribution is -2.42. The van der Waals surface area contributed by atoms with E-state index in [4.69, 9.17) is 4.74 Å². The number of carbonyl (C=O) groups excluding carboxylic acids is 1. The highest BCUT2D eigenvalue weighted by atomic mass is 16.5. The monoisotopic (exact) mass is 317 g/mol. The van der Waals surface area contributed by atoms with Crippen LogP contribution in [0.15, 0.2) is 24.3 Å². The molecule has 1 spiro atoms. The fourth-order valence-electron chi connectivity index (χ4n) is 3.64. The highest BCUT2D eigenvalue weighted by Crippen LogP contribution is 2.60. The third-order valence-electron chi connectivity index (χ3n) is 5.08. The molecule has 2 unspecified atom stereocenters. The predicted molar refractivity (Wildman–Crippen MR) is 85.4 cm³/mol. The molecular formula is C18H23NO4. The first kappa shape index (κ1) is 15.8. The zero-order chi connectivity index (χ0) is 16.4. The van der Waals surface area contributed by atoms with Crippen molar-refractivity contribution in [1.82, 2.24) is 5.32 Å². The fourth-order valence-corrected chi connectivity index (χ4v) is 3.64. The number of nitrogens with one attached hydrogen (secondary N) is 1. The molecule has 2 aliphatic rings. The molecule has 1 aromatic rings. The van der Waals surface area contributed by atoms with E-state index >= 15 is 0 Å². The molecule has 1 saturated carbocycles. The lowest BCUT2D eigenvalue weighted by Gasteiger charge is -2.27. The third kappa shape index (κ3) is 2.92. The summed E-state index contributed by atoms with van der Waals surface area (Å²) in [5.74, 6) is -0.370. The average molecular weight is 317 g/mol. The van der Waals surface area contributed by atoms with Crippen molar-refractivity contribution in [2.45, 2.75) is 50.5 Å². The van der Waals surface area contributed by atoms with Crippen LogP contribution in [-0.4, -0.2) is 29.6 Å². The molecule has 3 atom stereocenters. The van der Waals surface area contributed by atoms with Crippen LogP contribution >= 0.6 is 0 Å². The maximum absolute atomic E-state index is 12.6. The minimum atomic E-state index is -0.950. The van der Waals surface area contributed by atoms with Crippen LogP contribution in [0.25, 0.3) is 0 Å². The quantitative estimate of drug-likeness (QED) is 0.845. The smallest absolute Gasteiger partial charge is 0.326 e. The number of aliphatic carboxylic acids is 1. The van der Waals surface area contributed by atoms with Crippen molar-refractivity contribution >= 4 is 11.9 Å². The summed E-state index contributed by atoms with van der Waals surface area (Å²) in [7, 11) is 0. The molecule has 1 aliphatic carbocycles. The summed E-state index contributed by atoms with van der Waals surface area (Å²) >= 11 is 0. The van der Waals surface area contributed by atoms with E-state index in [2.05, 4.69) is 5.32 Å². The van der Waals surface area contributed by atoms with Gasteiger partial charge in [0.1, 0.15) is 11.8 Å². The zero-order valence-electron chi connectivity index (χ0n) is 13.4. The summed E-state index contributed by atoms with van der Waals surface area (Å²) in [6.07, 6.45) is 3.78. The number of unbranched alkanes of at least 4 members (excludes halogenated alkanes) is 1. The first-order valence-corrected chi connectivity index (χ1v) is 8.34. The van der Waals surface area contributed by atoms with E-state index in [0.717, 1.165) is 37.0 Å². The Balaban J connectivity index is 1.70. The highest BCUT2D eigenvalue weighted by Gasteiger charge is 2.61. The Bertz CT molecular complexity index is 615. The molecular weight excluding hydrogens is 294 g/mol. The van der Waals surface area contributed by atoms with Crippen molar-refractivity contribution in [3.05, 3.63) is 29.8 Å². The summed E-state index contributed by atoms with van der Waals surface area (Å²) in [4.78, 5) is 23.9. The summed E-state index contributed by atoms with van der Waals surface area (Å²) in [6, 6.07) is 7.07. The van der Waals surface area contributed by atoms with Gasteiger partial charge in [0, 0.05) is 16.9 Å². The van der Waals surface area contributed by atoms with Crippen LogP contribution < -0.4 is 10.1 Å². The molecule has 1 heterocycles. The van der Waals surface area contributed by atoms with Gasteiger partial charge in [-0.3, -0.25) is 4.79 Å². The Morgan fingerprint density at radius 3 is 2.96 bits per heavy atom.